The van der Waals surface area contributed by atoms with E-state index >= 15 is 0 Å². The van der Waals surface area contributed by atoms with Gasteiger partial charge in [-0.2, -0.15) is 0 Å². The molecule has 4 nitrogen and oxygen atoms in total. The fourth-order valence-electron chi connectivity index (χ4n) is 2.68. The molecule has 0 unspecified atom stereocenters. The molecule has 1 amide bonds. The summed E-state index contributed by atoms with van der Waals surface area (Å²) in [6.45, 7) is 4.00. The number of carbonyl (C=O) groups excluding carboxylic acids is 1. The Morgan fingerprint density at radius 1 is 1.18 bits per heavy atom. The van der Waals surface area contributed by atoms with Crippen LogP contribution in [0.4, 0.5) is 0 Å². The number of benzene rings is 1. The van der Waals surface area contributed by atoms with E-state index in [0.29, 0.717) is 4.58 Å². The maximum absolute atomic E-state index is 12.3. The number of thioether (sulfide) groups is 2. The largest absolute Gasteiger partial charge is 0.335 e. The number of rotatable bonds is 3. The van der Waals surface area contributed by atoms with Crippen molar-refractivity contribution in [1.82, 2.24) is 10.4 Å². The number of nitrogens with one attached hydrogen (secondary N) is 2. The van der Waals surface area contributed by atoms with Crippen LogP contribution in [0.15, 0.2) is 24.3 Å². The molecule has 0 bridgehead atoms. The molecule has 120 valence electrons. The van der Waals surface area contributed by atoms with Crippen LogP contribution in [-0.2, 0) is 0 Å². The van der Waals surface area contributed by atoms with Crippen molar-refractivity contribution in [2.75, 3.05) is 44.7 Å². The number of hydrazine groups is 1. The van der Waals surface area contributed by atoms with Gasteiger partial charge in [-0.05, 0) is 35.6 Å². The first-order valence-electron chi connectivity index (χ1n) is 7.93. The summed E-state index contributed by atoms with van der Waals surface area (Å²) in [6, 6.07) is 8.14. The highest BCUT2D eigenvalue weighted by atomic mass is 32.2. The molecule has 2 aliphatic heterocycles. The lowest BCUT2D eigenvalue weighted by molar-refractivity contribution is -0.884. The number of piperazine rings is 1. The van der Waals surface area contributed by atoms with E-state index in [1.165, 1.54) is 28.4 Å². The Bertz CT molecular complexity index is 495. The molecule has 0 saturated carbocycles. The van der Waals surface area contributed by atoms with Crippen molar-refractivity contribution >= 4 is 29.4 Å². The van der Waals surface area contributed by atoms with Crippen LogP contribution in [0.2, 0.25) is 0 Å². The van der Waals surface area contributed by atoms with Crippen LogP contribution in [0.5, 0.6) is 0 Å². The van der Waals surface area contributed by atoms with Crippen molar-refractivity contribution in [2.24, 2.45) is 0 Å². The molecular formula is C16H24N3OS2+. The van der Waals surface area contributed by atoms with Crippen LogP contribution in [0, 0.1) is 0 Å². The van der Waals surface area contributed by atoms with Gasteiger partial charge in [-0.3, -0.25) is 10.2 Å². The lowest BCUT2D eigenvalue weighted by Gasteiger charge is -2.30. The average molecular weight is 339 g/mol. The summed E-state index contributed by atoms with van der Waals surface area (Å²) < 4.78 is 0.534. The summed E-state index contributed by atoms with van der Waals surface area (Å²) in [7, 11) is 2.19. The van der Waals surface area contributed by atoms with E-state index in [9.17, 15) is 4.79 Å². The number of hydrogen-bond donors (Lipinski definition) is 2. The third-order valence-electron chi connectivity index (χ3n) is 4.15. The SMILES string of the molecule is C[NH+]1CCN(NC(=O)c2ccc(C3SCCCS3)cc2)CC1. The van der Waals surface area contributed by atoms with Gasteiger partial charge in [0, 0.05) is 5.56 Å². The molecule has 0 aromatic heterocycles. The van der Waals surface area contributed by atoms with E-state index in [1.54, 1.807) is 0 Å². The quantitative estimate of drug-likeness (QED) is 0.863. The lowest BCUT2D eigenvalue weighted by Crippen LogP contribution is -3.12. The van der Waals surface area contributed by atoms with Gasteiger partial charge < -0.3 is 4.90 Å². The van der Waals surface area contributed by atoms with Crippen molar-refractivity contribution in [3.63, 3.8) is 0 Å². The molecule has 6 heteroatoms. The zero-order valence-corrected chi connectivity index (χ0v) is 14.6. The van der Waals surface area contributed by atoms with Crippen molar-refractivity contribution in [3.8, 4) is 0 Å². The van der Waals surface area contributed by atoms with E-state index in [0.717, 1.165) is 31.7 Å². The second-order valence-electron chi connectivity index (χ2n) is 5.93. The van der Waals surface area contributed by atoms with Crippen molar-refractivity contribution < 1.29 is 9.69 Å². The fourth-order valence-corrected chi connectivity index (χ4v) is 5.57. The minimum Gasteiger partial charge on any atom is -0.335 e. The second kappa shape index (κ2) is 7.73. The average Bonchev–Trinajstić information content (AvgIpc) is 2.58. The third-order valence-corrected chi connectivity index (χ3v) is 7.16. The zero-order valence-electron chi connectivity index (χ0n) is 13.0. The van der Waals surface area contributed by atoms with Gasteiger partial charge in [0.05, 0.1) is 37.8 Å². The molecule has 2 N–H and O–H groups in total. The first-order valence-corrected chi connectivity index (χ1v) is 10.0. The Morgan fingerprint density at radius 3 is 2.45 bits per heavy atom. The summed E-state index contributed by atoms with van der Waals surface area (Å²) in [4.78, 5) is 13.8. The van der Waals surface area contributed by atoms with E-state index in [2.05, 4.69) is 24.6 Å². The fraction of sp³-hybridized carbons (Fsp3) is 0.562. The van der Waals surface area contributed by atoms with Crippen LogP contribution in [0.1, 0.15) is 26.9 Å². The molecule has 2 aliphatic rings. The number of hydrogen-bond acceptors (Lipinski definition) is 4. The maximum atomic E-state index is 12.3. The molecule has 1 aromatic rings. The molecule has 0 radical (unpaired) electrons. The van der Waals surface area contributed by atoms with Gasteiger partial charge in [0.25, 0.3) is 5.91 Å². The first-order chi connectivity index (χ1) is 10.7. The van der Waals surface area contributed by atoms with Crippen LogP contribution < -0.4 is 10.3 Å². The number of nitrogens with zero attached hydrogens (tertiary/aromatic N) is 1. The molecule has 3 rings (SSSR count). The van der Waals surface area contributed by atoms with Crippen LogP contribution in [-0.4, -0.2) is 55.6 Å². The highest BCUT2D eigenvalue weighted by molar-refractivity contribution is 8.16. The molecule has 2 fully saturated rings. The van der Waals surface area contributed by atoms with Crippen molar-refractivity contribution in [3.05, 3.63) is 35.4 Å². The molecule has 22 heavy (non-hydrogen) atoms. The van der Waals surface area contributed by atoms with E-state index < -0.39 is 0 Å². The van der Waals surface area contributed by atoms with Crippen molar-refractivity contribution in [1.29, 1.82) is 0 Å². The molecule has 0 atom stereocenters. The van der Waals surface area contributed by atoms with E-state index in [1.807, 2.05) is 40.7 Å². The Hall–Kier alpha value is -0.690. The van der Waals surface area contributed by atoms with Crippen LogP contribution >= 0.6 is 23.5 Å². The highest BCUT2D eigenvalue weighted by Crippen LogP contribution is 2.43. The standard InChI is InChI=1S/C16H23N3OS2/c1-18-7-9-19(10-8-18)17-15(20)13-3-5-14(6-4-13)16-21-11-2-12-22-16/h3-6,16H,2,7-12H2,1H3,(H,17,20)/p+1. The van der Waals surface area contributed by atoms with E-state index in [4.69, 9.17) is 0 Å². The minimum absolute atomic E-state index is 0.00931. The van der Waals surface area contributed by atoms with Gasteiger partial charge in [-0.25, -0.2) is 5.01 Å². The van der Waals surface area contributed by atoms with Gasteiger partial charge in [-0.15, -0.1) is 23.5 Å². The highest BCUT2D eigenvalue weighted by Gasteiger charge is 2.20. The second-order valence-corrected chi connectivity index (χ2v) is 8.66. The third kappa shape index (κ3) is 4.19. The zero-order chi connectivity index (χ0) is 15.4. The van der Waals surface area contributed by atoms with Gasteiger partial charge >= 0.3 is 0 Å². The number of carbonyl (C=O) groups is 1. The van der Waals surface area contributed by atoms with Gasteiger partial charge in [0.15, 0.2) is 0 Å². The molecule has 0 spiro atoms. The minimum atomic E-state index is 0.00931. The van der Waals surface area contributed by atoms with Gasteiger partial charge in [0.2, 0.25) is 0 Å². The van der Waals surface area contributed by atoms with Gasteiger partial charge in [0.1, 0.15) is 0 Å². The van der Waals surface area contributed by atoms with Gasteiger partial charge in [-0.1, -0.05) is 12.1 Å². The van der Waals surface area contributed by atoms with Crippen molar-refractivity contribution in [2.45, 2.75) is 11.0 Å². The summed E-state index contributed by atoms with van der Waals surface area (Å²) >= 11 is 4.02. The number of likely N-dealkylation sites (N-methyl/N-ethyl adjacent to an activating group) is 1. The molecular weight excluding hydrogens is 314 g/mol. The summed E-state index contributed by atoms with van der Waals surface area (Å²) in [5.41, 5.74) is 5.10. The molecule has 0 aliphatic carbocycles. The van der Waals surface area contributed by atoms with E-state index in [-0.39, 0.29) is 5.91 Å². The van der Waals surface area contributed by atoms with Crippen LogP contribution in [0.25, 0.3) is 0 Å². The first kappa shape index (κ1) is 16.2. The summed E-state index contributed by atoms with van der Waals surface area (Å²) in [5.74, 6) is 2.49. The number of amides is 1. The predicted molar refractivity (Wildman–Crippen MR) is 94.4 cm³/mol. The monoisotopic (exact) mass is 338 g/mol. The summed E-state index contributed by atoms with van der Waals surface area (Å²) in [5, 5.41) is 2.04. The Balaban J connectivity index is 1.56. The maximum Gasteiger partial charge on any atom is 0.265 e. The lowest BCUT2D eigenvalue weighted by atomic mass is 10.1. The Morgan fingerprint density at radius 2 is 1.82 bits per heavy atom. The Labute approximate surface area is 141 Å². The molecule has 2 heterocycles. The molecule has 1 aromatic carbocycles. The smallest absolute Gasteiger partial charge is 0.265 e. The molecule has 2 saturated heterocycles. The topological polar surface area (TPSA) is 36.8 Å². The number of quaternary nitrogens is 1. The normalized spacial score (nSPS) is 21.7. The Kier molecular flexibility index (Phi) is 5.68. The summed E-state index contributed by atoms with van der Waals surface area (Å²) in [6.07, 6.45) is 1.30. The van der Waals surface area contributed by atoms with Crippen LogP contribution in [0.3, 0.4) is 0 Å². The predicted octanol–water partition coefficient (Wildman–Crippen LogP) is 1.03.